The Morgan fingerprint density at radius 1 is 1.47 bits per heavy atom. The summed E-state index contributed by atoms with van der Waals surface area (Å²) in [6, 6.07) is 0. The highest BCUT2D eigenvalue weighted by atomic mass is 16.7. The molecule has 5 nitrogen and oxygen atoms in total. The first kappa shape index (κ1) is 15.2. The number of rotatable bonds is 5. The fourth-order valence-corrected chi connectivity index (χ4v) is 1.65. The summed E-state index contributed by atoms with van der Waals surface area (Å²) < 4.78 is 10.3. The fraction of sp³-hybridized carbons (Fsp3) is 0.429. The summed E-state index contributed by atoms with van der Waals surface area (Å²) >= 11 is 0. The van der Waals surface area contributed by atoms with Gasteiger partial charge in [-0.05, 0) is 26.8 Å². The Hall–Kier alpha value is -1.88. The van der Waals surface area contributed by atoms with Crippen LogP contribution in [-0.4, -0.2) is 35.5 Å². The van der Waals surface area contributed by atoms with Gasteiger partial charge in [0.05, 0.1) is 13.2 Å². The average molecular weight is 266 g/mol. The predicted octanol–water partition coefficient (Wildman–Crippen LogP) is 1.28. The molecule has 1 heterocycles. The maximum atomic E-state index is 12.2. The number of carbonyl (C=O) groups is 2. The summed E-state index contributed by atoms with van der Waals surface area (Å²) in [4.78, 5) is 23.6. The number of ether oxygens (including phenoxy) is 2. The molecule has 104 valence electrons. The van der Waals surface area contributed by atoms with E-state index in [9.17, 15) is 9.59 Å². The largest absolute Gasteiger partial charge is 0.468 e. The Bertz CT molecular complexity index is 470. The zero-order valence-electron chi connectivity index (χ0n) is 11.5. The van der Waals surface area contributed by atoms with Gasteiger partial charge in [0.25, 0.3) is 5.95 Å². The molecule has 0 spiro atoms. The molecule has 0 bridgehead atoms. The highest BCUT2D eigenvalue weighted by Gasteiger charge is 2.46. The standard InChI is InChI=1S/C14H18O5/c1-9(15)7-5-6-8-14(3)12(17)11(10(2)16)13(18-4)19-14/h5-9,15H,1-4H3/b7-5+,8-6+. The van der Waals surface area contributed by atoms with Crippen LogP contribution in [0.2, 0.25) is 0 Å². The lowest BCUT2D eigenvalue weighted by atomic mass is 9.95. The molecule has 0 aromatic carbocycles. The summed E-state index contributed by atoms with van der Waals surface area (Å²) in [6.45, 7) is 4.46. The normalized spacial score (nSPS) is 25.2. The van der Waals surface area contributed by atoms with E-state index in [0.717, 1.165) is 0 Å². The van der Waals surface area contributed by atoms with Gasteiger partial charge in [-0.15, -0.1) is 0 Å². The number of carbonyl (C=O) groups excluding carboxylic acids is 2. The van der Waals surface area contributed by atoms with E-state index in [1.807, 2.05) is 0 Å². The van der Waals surface area contributed by atoms with Crippen LogP contribution in [0, 0.1) is 0 Å². The van der Waals surface area contributed by atoms with E-state index in [1.165, 1.54) is 20.1 Å². The van der Waals surface area contributed by atoms with Gasteiger partial charge in [0.15, 0.2) is 11.4 Å². The van der Waals surface area contributed by atoms with Crippen molar-refractivity contribution in [1.82, 2.24) is 0 Å². The minimum Gasteiger partial charge on any atom is -0.468 e. The smallest absolute Gasteiger partial charge is 0.295 e. The van der Waals surface area contributed by atoms with Crippen molar-refractivity contribution in [3.05, 3.63) is 35.8 Å². The van der Waals surface area contributed by atoms with Crippen LogP contribution in [0.4, 0.5) is 0 Å². The SMILES string of the molecule is COC1=C(C(C)=O)C(=O)C(C)(/C=C/C=C/C(C)O)O1. The van der Waals surface area contributed by atoms with E-state index in [1.54, 1.807) is 32.1 Å². The second-order valence-corrected chi connectivity index (χ2v) is 4.45. The molecule has 1 rings (SSSR count). The lowest BCUT2D eigenvalue weighted by Gasteiger charge is -2.18. The van der Waals surface area contributed by atoms with Gasteiger partial charge in [0, 0.05) is 0 Å². The number of aliphatic hydroxyl groups excluding tert-OH is 1. The molecule has 0 amide bonds. The quantitative estimate of drug-likeness (QED) is 0.599. The molecular weight excluding hydrogens is 248 g/mol. The first-order valence-electron chi connectivity index (χ1n) is 5.89. The molecule has 1 aliphatic rings. The second-order valence-electron chi connectivity index (χ2n) is 4.45. The van der Waals surface area contributed by atoms with E-state index >= 15 is 0 Å². The molecule has 0 aromatic heterocycles. The van der Waals surface area contributed by atoms with Gasteiger partial charge in [0.1, 0.15) is 5.57 Å². The number of Topliss-reactive ketones (excluding diaryl/α,β-unsaturated/α-hetero) is 2. The summed E-state index contributed by atoms with van der Waals surface area (Å²) in [5.41, 5.74) is -1.32. The molecule has 0 fully saturated rings. The van der Waals surface area contributed by atoms with Crippen molar-refractivity contribution < 1.29 is 24.2 Å². The molecule has 1 aliphatic heterocycles. The van der Waals surface area contributed by atoms with E-state index in [0.29, 0.717) is 0 Å². The number of hydrogen-bond donors (Lipinski definition) is 1. The van der Waals surface area contributed by atoms with Gasteiger partial charge in [-0.3, -0.25) is 9.59 Å². The predicted molar refractivity (Wildman–Crippen MR) is 69.2 cm³/mol. The van der Waals surface area contributed by atoms with Crippen molar-refractivity contribution in [2.45, 2.75) is 32.5 Å². The summed E-state index contributed by atoms with van der Waals surface area (Å²) in [5, 5.41) is 9.06. The van der Waals surface area contributed by atoms with Crippen LogP contribution in [0.5, 0.6) is 0 Å². The molecule has 0 aliphatic carbocycles. The first-order chi connectivity index (χ1) is 8.81. The Balaban J connectivity index is 2.94. The second kappa shape index (κ2) is 5.84. The molecule has 2 unspecified atom stereocenters. The molecule has 0 aromatic rings. The number of hydrogen-bond acceptors (Lipinski definition) is 5. The third kappa shape index (κ3) is 3.32. The lowest BCUT2D eigenvalue weighted by Crippen LogP contribution is -2.32. The van der Waals surface area contributed by atoms with E-state index in [4.69, 9.17) is 14.6 Å². The number of aliphatic hydroxyl groups is 1. The number of ketones is 2. The van der Waals surface area contributed by atoms with E-state index in [2.05, 4.69) is 0 Å². The van der Waals surface area contributed by atoms with Crippen molar-refractivity contribution in [3.8, 4) is 0 Å². The summed E-state index contributed by atoms with van der Waals surface area (Å²) in [5.74, 6) is -0.874. The van der Waals surface area contributed by atoms with Crippen LogP contribution in [0.15, 0.2) is 35.8 Å². The molecule has 0 radical (unpaired) electrons. The maximum absolute atomic E-state index is 12.2. The molecule has 2 atom stereocenters. The minimum atomic E-state index is -1.25. The van der Waals surface area contributed by atoms with Gasteiger partial charge in [-0.2, -0.15) is 0 Å². The van der Waals surface area contributed by atoms with Crippen LogP contribution in [0.25, 0.3) is 0 Å². The zero-order chi connectivity index (χ0) is 14.6. The van der Waals surface area contributed by atoms with E-state index in [-0.39, 0.29) is 11.5 Å². The molecule has 0 saturated carbocycles. The highest BCUT2D eigenvalue weighted by molar-refractivity contribution is 6.24. The monoisotopic (exact) mass is 266 g/mol. The topological polar surface area (TPSA) is 72.8 Å². The Morgan fingerprint density at radius 3 is 2.53 bits per heavy atom. The molecular formula is C14H18O5. The average Bonchev–Trinajstić information content (AvgIpc) is 2.58. The van der Waals surface area contributed by atoms with Crippen molar-refractivity contribution in [2.24, 2.45) is 0 Å². The van der Waals surface area contributed by atoms with Gasteiger partial charge < -0.3 is 14.6 Å². The molecule has 5 heteroatoms. The van der Waals surface area contributed by atoms with Crippen molar-refractivity contribution >= 4 is 11.6 Å². The van der Waals surface area contributed by atoms with Gasteiger partial charge >= 0.3 is 0 Å². The molecule has 0 saturated heterocycles. The third-order valence-corrected chi connectivity index (χ3v) is 2.64. The minimum absolute atomic E-state index is 0.0517. The maximum Gasteiger partial charge on any atom is 0.295 e. The van der Waals surface area contributed by atoms with Crippen molar-refractivity contribution in [1.29, 1.82) is 0 Å². The van der Waals surface area contributed by atoms with Gasteiger partial charge in [0.2, 0.25) is 5.78 Å². The van der Waals surface area contributed by atoms with Crippen LogP contribution in [0.3, 0.4) is 0 Å². The van der Waals surface area contributed by atoms with Crippen LogP contribution < -0.4 is 0 Å². The first-order valence-corrected chi connectivity index (χ1v) is 5.89. The van der Waals surface area contributed by atoms with Crippen LogP contribution >= 0.6 is 0 Å². The van der Waals surface area contributed by atoms with Crippen molar-refractivity contribution in [3.63, 3.8) is 0 Å². The highest BCUT2D eigenvalue weighted by Crippen LogP contribution is 2.32. The van der Waals surface area contributed by atoms with Gasteiger partial charge in [-0.25, -0.2) is 0 Å². The Labute approximate surface area is 112 Å². The number of methoxy groups -OCH3 is 1. The Morgan fingerprint density at radius 2 is 2.11 bits per heavy atom. The molecule has 1 N–H and O–H groups in total. The molecule has 19 heavy (non-hydrogen) atoms. The summed E-state index contributed by atoms with van der Waals surface area (Å²) in [6.07, 6.45) is 5.68. The Kier molecular flexibility index (Phi) is 4.67. The van der Waals surface area contributed by atoms with Gasteiger partial charge in [-0.1, -0.05) is 18.2 Å². The summed E-state index contributed by atoms with van der Waals surface area (Å²) in [7, 11) is 1.34. The number of allylic oxidation sites excluding steroid dienone is 2. The van der Waals surface area contributed by atoms with Crippen molar-refractivity contribution in [2.75, 3.05) is 7.11 Å². The fourth-order valence-electron chi connectivity index (χ4n) is 1.65. The van der Waals surface area contributed by atoms with Crippen LogP contribution in [-0.2, 0) is 19.1 Å². The lowest BCUT2D eigenvalue weighted by molar-refractivity contribution is -0.128. The van der Waals surface area contributed by atoms with E-state index < -0.39 is 23.3 Å². The van der Waals surface area contributed by atoms with Crippen LogP contribution in [0.1, 0.15) is 20.8 Å². The third-order valence-electron chi connectivity index (χ3n) is 2.64. The zero-order valence-corrected chi connectivity index (χ0v) is 11.5.